The number of oxazole rings is 1. The average molecular weight is 218 g/mol. The molecule has 0 fully saturated rings. The van der Waals surface area contributed by atoms with Crippen LogP contribution in [0.15, 0.2) is 28.7 Å². The van der Waals surface area contributed by atoms with Gasteiger partial charge >= 0.3 is 0 Å². The lowest BCUT2D eigenvalue weighted by atomic mass is 10.1. The molecule has 1 aromatic heterocycles. The van der Waals surface area contributed by atoms with E-state index < -0.39 is 0 Å². The van der Waals surface area contributed by atoms with E-state index in [1.807, 2.05) is 24.3 Å². The second-order valence-corrected chi connectivity index (χ2v) is 5.00. The van der Waals surface area contributed by atoms with Crippen molar-refractivity contribution < 1.29 is 4.42 Å². The van der Waals surface area contributed by atoms with Gasteiger partial charge in [0.2, 0.25) is 0 Å². The van der Waals surface area contributed by atoms with E-state index in [4.69, 9.17) is 4.42 Å². The van der Waals surface area contributed by atoms with Crippen LogP contribution in [0.2, 0.25) is 0 Å². The molecule has 0 aliphatic heterocycles. The van der Waals surface area contributed by atoms with Gasteiger partial charge in [-0.15, -0.1) is 0 Å². The van der Waals surface area contributed by atoms with Crippen molar-refractivity contribution in [3.63, 3.8) is 0 Å². The zero-order valence-corrected chi connectivity index (χ0v) is 10.1. The van der Waals surface area contributed by atoms with Crippen molar-refractivity contribution in [3.8, 4) is 0 Å². The molecule has 0 bridgehead atoms. The highest BCUT2D eigenvalue weighted by atomic mass is 16.3. The Hall–Kier alpha value is -1.35. The van der Waals surface area contributed by atoms with Crippen LogP contribution in [0, 0.1) is 0 Å². The third kappa shape index (κ3) is 2.83. The number of benzene rings is 1. The molecule has 1 heterocycles. The average Bonchev–Trinajstić information content (AvgIpc) is 2.57. The van der Waals surface area contributed by atoms with E-state index in [2.05, 4.69) is 31.1 Å². The van der Waals surface area contributed by atoms with Crippen LogP contribution in [0.5, 0.6) is 0 Å². The van der Waals surface area contributed by atoms with Gasteiger partial charge in [-0.05, 0) is 32.9 Å². The molecule has 3 heteroatoms. The summed E-state index contributed by atoms with van der Waals surface area (Å²) in [4.78, 5) is 4.43. The normalized spacial score (nSPS) is 12.2. The minimum absolute atomic E-state index is 0.145. The Morgan fingerprint density at radius 3 is 2.69 bits per heavy atom. The zero-order valence-electron chi connectivity index (χ0n) is 10.1. The quantitative estimate of drug-likeness (QED) is 0.860. The summed E-state index contributed by atoms with van der Waals surface area (Å²) in [5.74, 6) is 0.804. The summed E-state index contributed by atoms with van der Waals surface area (Å²) in [5.41, 5.74) is 1.95. The molecule has 0 saturated heterocycles. The maximum atomic E-state index is 5.63. The monoisotopic (exact) mass is 218 g/mol. The van der Waals surface area contributed by atoms with Gasteiger partial charge < -0.3 is 9.73 Å². The first-order valence-corrected chi connectivity index (χ1v) is 5.64. The third-order valence-corrected chi connectivity index (χ3v) is 2.33. The second kappa shape index (κ2) is 4.26. The van der Waals surface area contributed by atoms with Gasteiger partial charge in [0.1, 0.15) is 5.52 Å². The lowest BCUT2D eigenvalue weighted by Gasteiger charge is -2.19. The van der Waals surface area contributed by atoms with Crippen LogP contribution in [0.4, 0.5) is 0 Å². The number of fused-ring (bicyclic) bond motifs is 1. The number of para-hydroxylation sites is 2. The van der Waals surface area contributed by atoms with Crippen molar-refractivity contribution in [1.29, 1.82) is 0 Å². The molecule has 0 spiro atoms. The minimum atomic E-state index is 0.145. The molecule has 1 N–H and O–H groups in total. The van der Waals surface area contributed by atoms with E-state index in [1.165, 1.54) is 0 Å². The van der Waals surface area contributed by atoms with Crippen LogP contribution in [0.1, 0.15) is 26.7 Å². The van der Waals surface area contributed by atoms with Gasteiger partial charge in [0, 0.05) is 18.5 Å². The largest absolute Gasteiger partial charge is 0.441 e. The Kier molecular flexibility index (Phi) is 2.97. The lowest BCUT2D eigenvalue weighted by Crippen LogP contribution is -2.37. The Morgan fingerprint density at radius 1 is 1.25 bits per heavy atom. The SMILES string of the molecule is CC(C)(C)NCCc1nc2ccccc2o1. The first kappa shape index (κ1) is 11.1. The first-order chi connectivity index (χ1) is 7.54. The summed E-state index contributed by atoms with van der Waals surface area (Å²) in [5, 5.41) is 3.41. The molecule has 0 aliphatic carbocycles. The fourth-order valence-electron chi connectivity index (χ4n) is 1.57. The smallest absolute Gasteiger partial charge is 0.196 e. The summed E-state index contributed by atoms with van der Waals surface area (Å²) in [7, 11) is 0. The highest BCUT2D eigenvalue weighted by Crippen LogP contribution is 2.14. The van der Waals surface area contributed by atoms with Crippen LogP contribution in [-0.2, 0) is 6.42 Å². The molecule has 0 saturated carbocycles. The standard InChI is InChI=1S/C13H18N2O/c1-13(2,3)14-9-8-12-15-10-6-4-5-7-11(10)16-12/h4-7,14H,8-9H2,1-3H3. The number of hydrogen-bond donors (Lipinski definition) is 1. The third-order valence-electron chi connectivity index (χ3n) is 2.33. The van der Waals surface area contributed by atoms with Gasteiger partial charge in [0.15, 0.2) is 11.5 Å². The minimum Gasteiger partial charge on any atom is -0.441 e. The van der Waals surface area contributed by atoms with Gasteiger partial charge in [-0.1, -0.05) is 12.1 Å². The van der Waals surface area contributed by atoms with Crippen LogP contribution in [0.3, 0.4) is 0 Å². The van der Waals surface area contributed by atoms with Gasteiger partial charge in [0.25, 0.3) is 0 Å². The maximum Gasteiger partial charge on any atom is 0.196 e. The molecule has 3 nitrogen and oxygen atoms in total. The number of nitrogens with zero attached hydrogens (tertiary/aromatic N) is 1. The summed E-state index contributed by atoms with van der Waals surface area (Å²) in [6.45, 7) is 7.34. The molecule has 1 aromatic carbocycles. The molecule has 86 valence electrons. The van der Waals surface area contributed by atoms with Crippen LogP contribution in [-0.4, -0.2) is 17.1 Å². The molecule has 0 aliphatic rings. The molecule has 16 heavy (non-hydrogen) atoms. The van der Waals surface area contributed by atoms with Crippen LogP contribution in [0.25, 0.3) is 11.1 Å². The number of nitrogens with one attached hydrogen (secondary N) is 1. The molecule has 0 radical (unpaired) electrons. The van der Waals surface area contributed by atoms with Crippen molar-refractivity contribution in [2.75, 3.05) is 6.54 Å². The Labute approximate surface area is 95.9 Å². The lowest BCUT2D eigenvalue weighted by molar-refractivity contribution is 0.414. The molecule has 0 atom stereocenters. The van der Waals surface area contributed by atoms with Gasteiger partial charge in [0.05, 0.1) is 0 Å². The van der Waals surface area contributed by atoms with Crippen molar-refractivity contribution >= 4 is 11.1 Å². The predicted molar refractivity (Wildman–Crippen MR) is 65.5 cm³/mol. The summed E-state index contributed by atoms with van der Waals surface area (Å²) in [6.07, 6.45) is 0.825. The predicted octanol–water partition coefficient (Wildman–Crippen LogP) is 2.76. The fourth-order valence-corrected chi connectivity index (χ4v) is 1.57. The van der Waals surface area contributed by atoms with Crippen molar-refractivity contribution in [1.82, 2.24) is 10.3 Å². The fraction of sp³-hybridized carbons (Fsp3) is 0.462. The molecule has 0 amide bonds. The Bertz CT molecular complexity index is 435. The topological polar surface area (TPSA) is 38.1 Å². The highest BCUT2D eigenvalue weighted by molar-refractivity contribution is 5.72. The molecule has 2 aromatic rings. The number of hydrogen-bond acceptors (Lipinski definition) is 3. The van der Waals surface area contributed by atoms with Gasteiger partial charge in [-0.2, -0.15) is 0 Å². The van der Waals surface area contributed by atoms with E-state index in [0.717, 1.165) is 30.0 Å². The highest BCUT2D eigenvalue weighted by Gasteiger charge is 2.09. The van der Waals surface area contributed by atoms with E-state index in [1.54, 1.807) is 0 Å². The molecular formula is C13H18N2O. The molecular weight excluding hydrogens is 200 g/mol. The molecule has 2 rings (SSSR count). The Morgan fingerprint density at radius 2 is 2.00 bits per heavy atom. The molecule has 0 unspecified atom stereocenters. The first-order valence-electron chi connectivity index (χ1n) is 5.64. The summed E-state index contributed by atoms with van der Waals surface area (Å²) >= 11 is 0. The maximum absolute atomic E-state index is 5.63. The number of rotatable bonds is 3. The summed E-state index contributed by atoms with van der Waals surface area (Å²) < 4.78 is 5.63. The van der Waals surface area contributed by atoms with Crippen molar-refractivity contribution in [3.05, 3.63) is 30.2 Å². The van der Waals surface area contributed by atoms with Crippen molar-refractivity contribution in [2.24, 2.45) is 0 Å². The van der Waals surface area contributed by atoms with Crippen LogP contribution < -0.4 is 5.32 Å². The van der Waals surface area contributed by atoms with Crippen LogP contribution >= 0.6 is 0 Å². The van der Waals surface area contributed by atoms with Gasteiger partial charge in [-0.25, -0.2) is 4.98 Å². The van der Waals surface area contributed by atoms with E-state index in [-0.39, 0.29) is 5.54 Å². The van der Waals surface area contributed by atoms with Crippen molar-refractivity contribution in [2.45, 2.75) is 32.7 Å². The second-order valence-electron chi connectivity index (χ2n) is 5.00. The zero-order chi connectivity index (χ0) is 11.6. The van der Waals surface area contributed by atoms with E-state index >= 15 is 0 Å². The Balaban J connectivity index is 2.00. The number of aromatic nitrogens is 1. The van der Waals surface area contributed by atoms with Gasteiger partial charge in [-0.3, -0.25) is 0 Å². The van der Waals surface area contributed by atoms with E-state index in [0.29, 0.717) is 0 Å². The van der Waals surface area contributed by atoms with E-state index in [9.17, 15) is 0 Å². The summed E-state index contributed by atoms with van der Waals surface area (Å²) in [6, 6.07) is 7.86.